The molecule has 2 nitrogen and oxygen atoms in total. The Kier molecular flexibility index (Phi) is 4.08. The molecule has 19 heavy (non-hydrogen) atoms. The van der Waals surface area contributed by atoms with E-state index in [4.69, 9.17) is 11.6 Å². The van der Waals surface area contributed by atoms with Crippen LogP contribution < -0.4 is 4.90 Å². The van der Waals surface area contributed by atoms with E-state index in [-0.39, 0.29) is 5.82 Å². The molecule has 0 saturated carbocycles. The van der Waals surface area contributed by atoms with E-state index in [0.29, 0.717) is 10.6 Å². The highest BCUT2D eigenvalue weighted by Gasteiger charge is 2.10. The summed E-state index contributed by atoms with van der Waals surface area (Å²) in [5, 5.41) is 10.0. The van der Waals surface area contributed by atoms with Gasteiger partial charge in [-0.15, -0.1) is 0 Å². The minimum Gasteiger partial charge on any atom is -0.389 e. The molecule has 2 rings (SSSR count). The maximum Gasteiger partial charge on any atom is 0.125 e. The topological polar surface area (TPSA) is 23.5 Å². The highest BCUT2D eigenvalue weighted by atomic mass is 35.5. The summed E-state index contributed by atoms with van der Waals surface area (Å²) >= 11 is 6.13. The molecule has 2 aromatic rings. The Hall–Kier alpha value is -1.58. The largest absolute Gasteiger partial charge is 0.389 e. The normalized spacial score (nSPS) is 12.3. The van der Waals surface area contributed by atoms with Gasteiger partial charge in [-0.05, 0) is 42.8 Å². The Labute approximate surface area is 117 Å². The Morgan fingerprint density at radius 2 is 1.84 bits per heavy atom. The van der Waals surface area contributed by atoms with Crippen LogP contribution >= 0.6 is 11.6 Å². The number of rotatable bonds is 3. The molecule has 0 fully saturated rings. The first-order valence-corrected chi connectivity index (χ1v) is 6.33. The van der Waals surface area contributed by atoms with Crippen molar-refractivity contribution < 1.29 is 9.50 Å². The second-order valence-electron chi connectivity index (χ2n) is 4.42. The average Bonchev–Trinajstić information content (AvgIpc) is 2.37. The van der Waals surface area contributed by atoms with E-state index in [9.17, 15) is 9.50 Å². The third kappa shape index (κ3) is 3.06. The average molecular weight is 280 g/mol. The Balaban J connectivity index is 2.34. The fourth-order valence-electron chi connectivity index (χ4n) is 1.90. The molecule has 0 amide bonds. The Morgan fingerprint density at radius 1 is 1.16 bits per heavy atom. The monoisotopic (exact) mass is 279 g/mol. The third-order valence-electron chi connectivity index (χ3n) is 3.02. The molecule has 0 heterocycles. The zero-order chi connectivity index (χ0) is 14.0. The summed E-state index contributed by atoms with van der Waals surface area (Å²) in [7, 11) is 1.84. The Bertz CT molecular complexity index is 586. The lowest BCUT2D eigenvalue weighted by molar-refractivity contribution is 0.199. The van der Waals surface area contributed by atoms with Crippen LogP contribution in [0.25, 0.3) is 0 Å². The van der Waals surface area contributed by atoms with Crippen molar-refractivity contribution in [3.05, 3.63) is 58.9 Å². The molecule has 1 N–H and O–H groups in total. The minimum absolute atomic E-state index is 0.281. The number of hydrogen-bond donors (Lipinski definition) is 1. The van der Waals surface area contributed by atoms with Crippen LogP contribution in [0.3, 0.4) is 0 Å². The molecule has 0 saturated heterocycles. The number of benzene rings is 2. The second-order valence-corrected chi connectivity index (χ2v) is 4.83. The summed E-state index contributed by atoms with van der Waals surface area (Å²) < 4.78 is 13.2. The molecular weight excluding hydrogens is 265 g/mol. The number of aliphatic hydroxyl groups excluding tert-OH is 1. The zero-order valence-electron chi connectivity index (χ0n) is 10.8. The van der Waals surface area contributed by atoms with Crippen LogP contribution in [-0.4, -0.2) is 12.2 Å². The molecule has 1 unspecified atom stereocenters. The van der Waals surface area contributed by atoms with Gasteiger partial charge in [-0.1, -0.05) is 23.7 Å². The number of halogens is 2. The van der Waals surface area contributed by atoms with Gasteiger partial charge in [0, 0.05) is 23.4 Å². The van der Waals surface area contributed by atoms with E-state index in [1.807, 2.05) is 24.1 Å². The molecule has 0 aromatic heterocycles. The maximum atomic E-state index is 13.2. The lowest BCUT2D eigenvalue weighted by atomic mass is 10.1. The van der Waals surface area contributed by atoms with Crippen molar-refractivity contribution in [3.8, 4) is 0 Å². The maximum absolute atomic E-state index is 13.2. The van der Waals surface area contributed by atoms with E-state index in [0.717, 1.165) is 11.4 Å². The van der Waals surface area contributed by atoms with Crippen LogP contribution in [0.2, 0.25) is 5.02 Å². The number of hydrogen-bond acceptors (Lipinski definition) is 2. The predicted octanol–water partition coefficient (Wildman–Crippen LogP) is 4.30. The third-order valence-corrected chi connectivity index (χ3v) is 3.34. The fraction of sp³-hybridized carbons (Fsp3) is 0.200. The first-order valence-electron chi connectivity index (χ1n) is 5.96. The summed E-state index contributed by atoms with van der Waals surface area (Å²) in [5.74, 6) is -0.281. The quantitative estimate of drug-likeness (QED) is 0.905. The fourth-order valence-corrected chi connectivity index (χ4v) is 2.23. The SMILES string of the molecule is CC(O)c1ccc(N(C)c2cccc(F)c2)cc1Cl. The molecule has 1 atom stereocenters. The van der Waals surface area contributed by atoms with Crippen molar-refractivity contribution in [1.82, 2.24) is 0 Å². The van der Waals surface area contributed by atoms with Crippen molar-refractivity contribution in [2.75, 3.05) is 11.9 Å². The van der Waals surface area contributed by atoms with Gasteiger partial charge in [0.1, 0.15) is 5.82 Å². The van der Waals surface area contributed by atoms with Crippen molar-refractivity contribution in [3.63, 3.8) is 0 Å². The molecule has 100 valence electrons. The van der Waals surface area contributed by atoms with E-state index in [2.05, 4.69) is 0 Å². The molecule has 0 radical (unpaired) electrons. The standard InChI is InChI=1S/C15H15ClFNO/c1-10(19)14-7-6-13(9-15(14)16)18(2)12-5-3-4-11(17)8-12/h3-10,19H,1-2H3. The summed E-state index contributed by atoms with van der Waals surface area (Å²) in [4.78, 5) is 1.83. The number of nitrogens with zero attached hydrogens (tertiary/aromatic N) is 1. The van der Waals surface area contributed by atoms with Crippen LogP contribution in [-0.2, 0) is 0 Å². The van der Waals surface area contributed by atoms with Crippen LogP contribution in [0.4, 0.5) is 15.8 Å². The van der Waals surface area contributed by atoms with Crippen LogP contribution in [0.15, 0.2) is 42.5 Å². The van der Waals surface area contributed by atoms with Gasteiger partial charge in [0.2, 0.25) is 0 Å². The van der Waals surface area contributed by atoms with Crippen LogP contribution in [0, 0.1) is 5.82 Å². The highest BCUT2D eigenvalue weighted by molar-refractivity contribution is 6.31. The summed E-state index contributed by atoms with van der Waals surface area (Å²) in [6.45, 7) is 1.66. The first-order chi connectivity index (χ1) is 8.99. The van der Waals surface area contributed by atoms with E-state index in [1.54, 1.807) is 25.1 Å². The summed E-state index contributed by atoms with van der Waals surface area (Å²) in [5.41, 5.74) is 2.25. The molecular formula is C15H15ClFNO. The van der Waals surface area contributed by atoms with Crippen molar-refractivity contribution in [2.24, 2.45) is 0 Å². The molecule has 4 heteroatoms. The molecule has 0 aliphatic carbocycles. The van der Waals surface area contributed by atoms with E-state index < -0.39 is 6.10 Å². The van der Waals surface area contributed by atoms with Crippen molar-refractivity contribution >= 4 is 23.0 Å². The van der Waals surface area contributed by atoms with Crippen LogP contribution in [0.1, 0.15) is 18.6 Å². The van der Waals surface area contributed by atoms with Gasteiger partial charge in [-0.2, -0.15) is 0 Å². The Morgan fingerprint density at radius 3 is 2.42 bits per heavy atom. The minimum atomic E-state index is -0.610. The summed E-state index contributed by atoms with van der Waals surface area (Å²) in [6.07, 6.45) is -0.610. The van der Waals surface area contributed by atoms with Crippen LogP contribution in [0.5, 0.6) is 0 Å². The lowest BCUT2D eigenvalue weighted by Crippen LogP contribution is -2.10. The number of anilines is 2. The van der Waals surface area contributed by atoms with Gasteiger partial charge in [0.15, 0.2) is 0 Å². The molecule has 0 spiro atoms. The van der Waals surface area contributed by atoms with E-state index in [1.165, 1.54) is 12.1 Å². The molecule has 0 aliphatic rings. The molecule has 0 aliphatic heterocycles. The number of aliphatic hydroxyl groups is 1. The molecule has 0 bridgehead atoms. The van der Waals surface area contributed by atoms with Gasteiger partial charge in [0.25, 0.3) is 0 Å². The smallest absolute Gasteiger partial charge is 0.125 e. The van der Waals surface area contributed by atoms with Gasteiger partial charge in [0.05, 0.1) is 6.10 Å². The predicted molar refractivity (Wildman–Crippen MR) is 76.5 cm³/mol. The molecule has 2 aromatic carbocycles. The van der Waals surface area contributed by atoms with Crippen molar-refractivity contribution in [2.45, 2.75) is 13.0 Å². The first kappa shape index (κ1) is 13.8. The van der Waals surface area contributed by atoms with Gasteiger partial charge in [-0.3, -0.25) is 0 Å². The van der Waals surface area contributed by atoms with Gasteiger partial charge in [-0.25, -0.2) is 4.39 Å². The summed E-state index contributed by atoms with van der Waals surface area (Å²) in [6, 6.07) is 11.7. The lowest BCUT2D eigenvalue weighted by Gasteiger charge is -2.21. The van der Waals surface area contributed by atoms with Gasteiger partial charge >= 0.3 is 0 Å². The van der Waals surface area contributed by atoms with Crippen molar-refractivity contribution in [1.29, 1.82) is 0 Å². The second kappa shape index (κ2) is 5.59. The zero-order valence-corrected chi connectivity index (χ0v) is 11.5. The highest BCUT2D eigenvalue weighted by Crippen LogP contribution is 2.30. The van der Waals surface area contributed by atoms with Gasteiger partial charge < -0.3 is 10.0 Å². The van der Waals surface area contributed by atoms with E-state index >= 15 is 0 Å².